The summed E-state index contributed by atoms with van der Waals surface area (Å²) in [6.45, 7) is 0. The van der Waals surface area contributed by atoms with E-state index in [9.17, 15) is 9.59 Å². The smallest absolute Gasteiger partial charge is 0.338 e. The van der Waals surface area contributed by atoms with Crippen molar-refractivity contribution in [1.82, 2.24) is 9.97 Å². The van der Waals surface area contributed by atoms with Crippen molar-refractivity contribution in [2.45, 2.75) is 0 Å². The van der Waals surface area contributed by atoms with Crippen molar-refractivity contribution in [3.05, 3.63) is 58.1 Å². The number of carboxylic acids is 2. The van der Waals surface area contributed by atoms with Gasteiger partial charge in [0.05, 0.1) is 11.1 Å². The molecule has 0 amide bonds. The van der Waals surface area contributed by atoms with E-state index in [2.05, 4.69) is 9.97 Å². The van der Waals surface area contributed by atoms with E-state index >= 15 is 0 Å². The van der Waals surface area contributed by atoms with Crippen molar-refractivity contribution >= 4 is 35.1 Å². The maximum atomic E-state index is 10.3. The van der Waals surface area contributed by atoms with E-state index < -0.39 is 11.9 Å². The molecule has 104 valence electrons. The number of carboxylic acid groups (broad SMARTS) is 2. The van der Waals surface area contributed by atoms with E-state index in [1.54, 1.807) is 0 Å². The molecule has 0 atom stereocenters. The maximum absolute atomic E-state index is 10.3. The van der Waals surface area contributed by atoms with Gasteiger partial charge in [0.1, 0.15) is 10.3 Å². The molecule has 2 N–H and O–H groups in total. The van der Waals surface area contributed by atoms with Gasteiger partial charge in [-0.25, -0.2) is 19.6 Å². The lowest BCUT2D eigenvalue weighted by Crippen LogP contribution is -1.97. The van der Waals surface area contributed by atoms with Crippen LogP contribution in [0.5, 0.6) is 0 Å². The molecule has 0 saturated carbocycles. The summed E-state index contributed by atoms with van der Waals surface area (Å²) >= 11 is 10.9. The summed E-state index contributed by atoms with van der Waals surface area (Å²) in [5.41, 5.74) is 0.0633. The Balaban J connectivity index is 0.000000200. The lowest BCUT2D eigenvalue weighted by Gasteiger charge is -1.93. The third-order valence-corrected chi connectivity index (χ3v) is 2.58. The van der Waals surface area contributed by atoms with Gasteiger partial charge < -0.3 is 10.2 Å². The highest BCUT2D eigenvalue weighted by atomic mass is 35.5. The summed E-state index contributed by atoms with van der Waals surface area (Å²) in [4.78, 5) is 27.8. The van der Waals surface area contributed by atoms with Gasteiger partial charge in [-0.05, 0) is 24.3 Å². The fourth-order valence-corrected chi connectivity index (χ4v) is 1.49. The molecule has 20 heavy (non-hydrogen) atoms. The van der Waals surface area contributed by atoms with Crippen molar-refractivity contribution in [2.75, 3.05) is 0 Å². The summed E-state index contributed by atoms with van der Waals surface area (Å²) < 4.78 is 0. The minimum Gasteiger partial charge on any atom is -0.478 e. The topological polar surface area (TPSA) is 100 Å². The molecule has 0 unspecified atom stereocenters. The molecule has 0 radical (unpaired) electrons. The number of pyridine rings is 2. The fourth-order valence-electron chi connectivity index (χ4n) is 1.09. The summed E-state index contributed by atoms with van der Waals surface area (Å²) in [5.74, 6) is -2.11. The molecule has 0 aromatic carbocycles. The highest BCUT2D eigenvalue weighted by Gasteiger charge is 2.07. The molecule has 0 saturated heterocycles. The zero-order valence-electron chi connectivity index (χ0n) is 9.83. The highest BCUT2D eigenvalue weighted by Crippen LogP contribution is 2.10. The van der Waals surface area contributed by atoms with Crippen molar-refractivity contribution in [1.29, 1.82) is 0 Å². The number of hydrogen-bond acceptors (Lipinski definition) is 4. The molecule has 2 heterocycles. The standard InChI is InChI=1S/2C6H4ClNO2/c2*7-5-4(6(9)10)2-1-3-8-5/h2*1-3H,(H,9,10). The van der Waals surface area contributed by atoms with Crippen molar-refractivity contribution in [2.24, 2.45) is 0 Å². The van der Waals surface area contributed by atoms with Crippen LogP contribution in [0.1, 0.15) is 20.7 Å². The lowest BCUT2D eigenvalue weighted by atomic mass is 10.3. The molecule has 0 bridgehead atoms. The van der Waals surface area contributed by atoms with Gasteiger partial charge in [0, 0.05) is 12.4 Å². The second-order valence-electron chi connectivity index (χ2n) is 3.29. The summed E-state index contributed by atoms with van der Waals surface area (Å²) in [6.07, 6.45) is 2.88. The molecule has 0 aliphatic rings. The van der Waals surface area contributed by atoms with Crippen LogP contribution in [0.3, 0.4) is 0 Å². The Morgan fingerprint density at radius 3 is 1.40 bits per heavy atom. The first kappa shape index (κ1) is 15.9. The van der Waals surface area contributed by atoms with E-state index in [1.165, 1.54) is 36.7 Å². The number of nitrogens with zero attached hydrogens (tertiary/aromatic N) is 2. The molecule has 8 heteroatoms. The first-order chi connectivity index (χ1) is 9.43. The Labute approximate surface area is 123 Å². The van der Waals surface area contributed by atoms with Gasteiger partial charge >= 0.3 is 11.9 Å². The molecular formula is C12H8Cl2N2O4. The molecule has 0 fully saturated rings. The highest BCUT2D eigenvalue weighted by molar-refractivity contribution is 6.32. The average Bonchev–Trinajstić information content (AvgIpc) is 2.40. The molecule has 0 aliphatic carbocycles. The van der Waals surface area contributed by atoms with Crippen LogP contribution in [0.15, 0.2) is 36.7 Å². The Hall–Kier alpha value is -2.18. The number of hydrogen-bond donors (Lipinski definition) is 2. The predicted octanol–water partition coefficient (Wildman–Crippen LogP) is 2.87. The SMILES string of the molecule is O=C(O)c1cccnc1Cl.O=C(O)c1cccnc1Cl. The number of carbonyl (C=O) groups is 2. The van der Waals surface area contributed by atoms with Crippen LogP contribution in [0.2, 0.25) is 10.3 Å². The zero-order valence-corrected chi connectivity index (χ0v) is 11.3. The number of aromatic nitrogens is 2. The Kier molecular flexibility index (Phi) is 5.89. The van der Waals surface area contributed by atoms with Crippen LogP contribution >= 0.6 is 23.2 Å². The minimum atomic E-state index is -1.06. The van der Waals surface area contributed by atoms with Gasteiger partial charge in [0.2, 0.25) is 0 Å². The fraction of sp³-hybridized carbons (Fsp3) is 0. The van der Waals surface area contributed by atoms with Crippen LogP contribution in [0.4, 0.5) is 0 Å². The average molecular weight is 315 g/mol. The van der Waals surface area contributed by atoms with E-state index in [4.69, 9.17) is 33.4 Å². The van der Waals surface area contributed by atoms with Crippen molar-refractivity contribution in [3.63, 3.8) is 0 Å². The van der Waals surface area contributed by atoms with E-state index in [-0.39, 0.29) is 21.4 Å². The third kappa shape index (κ3) is 4.49. The Bertz CT molecular complexity index is 579. The first-order valence-electron chi connectivity index (χ1n) is 5.11. The number of rotatable bonds is 2. The van der Waals surface area contributed by atoms with Crippen LogP contribution in [0.25, 0.3) is 0 Å². The molecule has 2 aromatic rings. The molecule has 0 spiro atoms. The van der Waals surface area contributed by atoms with Crippen molar-refractivity contribution < 1.29 is 19.8 Å². The van der Waals surface area contributed by atoms with Gasteiger partial charge in [-0.15, -0.1) is 0 Å². The van der Waals surface area contributed by atoms with Gasteiger partial charge in [-0.3, -0.25) is 0 Å². The quantitative estimate of drug-likeness (QED) is 0.827. The van der Waals surface area contributed by atoms with Gasteiger partial charge in [-0.1, -0.05) is 23.2 Å². The normalized spacial score (nSPS) is 9.30. The molecular weight excluding hydrogens is 307 g/mol. The largest absolute Gasteiger partial charge is 0.478 e. The minimum absolute atomic E-state index is 0.0231. The summed E-state index contributed by atoms with van der Waals surface area (Å²) in [5, 5.41) is 16.9. The van der Waals surface area contributed by atoms with Crippen LogP contribution in [-0.2, 0) is 0 Å². The van der Waals surface area contributed by atoms with Gasteiger partial charge in [0.25, 0.3) is 0 Å². The van der Waals surface area contributed by atoms with Crippen LogP contribution in [0, 0.1) is 0 Å². The molecule has 2 aromatic heterocycles. The van der Waals surface area contributed by atoms with E-state index in [1.807, 2.05) is 0 Å². The second kappa shape index (κ2) is 7.42. The molecule has 0 aliphatic heterocycles. The zero-order chi connectivity index (χ0) is 15.1. The number of halogens is 2. The Morgan fingerprint density at radius 2 is 1.20 bits per heavy atom. The Morgan fingerprint density at radius 1 is 0.850 bits per heavy atom. The first-order valence-corrected chi connectivity index (χ1v) is 5.86. The van der Waals surface area contributed by atoms with Crippen molar-refractivity contribution in [3.8, 4) is 0 Å². The second-order valence-corrected chi connectivity index (χ2v) is 4.01. The predicted molar refractivity (Wildman–Crippen MR) is 72.4 cm³/mol. The van der Waals surface area contributed by atoms with Crippen LogP contribution in [-0.4, -0.2) is 32.1 Å². The van der Waals surface area contributed by atoms with Crippen LogP contribution < -0.4 is 0 Å². The van der Waals surface area contributed by atoms with E-state index in [0.717, 1.165) is 0 Å². The number of aromatic carboxylic acids is 2. The summed E-state index contributed by atoms with van der Waals surface area (Å²) in [7, 11) is 0. The lowest BCUT2D eigenvalue weighted by molar-refractivity contribution is 0.0685. The van der Waals surface area contributed by atoms with E-state index in [0.29, 0.717) is 0 Å². The molecule has 6 nitrogen and oxygen atoms in total. The molecule has 2 rings (SSSR count). The maximum Gasteiger partial charge on any atom is 0.338 e. The monoisotopic (exact) mass is 314 g/mol. The van der Waals surface area contributed by atoms with Gasteiger partial charge in [-0.2, -0.15) is 0 Å². The summed E-state index contributed by atoms with van der Waals surface area (Å²) in [6, 6.07) is 5.85. The van der Waals surface area contributed by atoms with Gasteiger partial charge in [0.15, 0.2) is 0 Å². The third-order valence-electron chi connectivity index (χ3n) is 1.98.